The molecule has 1 atom stereocenters. The molecule has 2 N–H and O–H groups in total. The minimum atomic E-state index is -4.46. The van der Waals surface area contributed by atoms with Gasteiger partial charge in [0.2, 0.25) is 0 Å². The molecule has 0 aromatic carbocycles. The van der Waals surface area contributed by atoms with Gasteiger partial charge in [-0.3, -0.25) is 4.90 Å². The molecule has 1 saturated heterocycles. The molecule has 5 nitrogen and oxygen atoms in total. The highest BCUT2D eigenvalue weighted by Gasteiger charge is 2.35. The number of piperazine rings is 1. The standard InChI is InChI=1S/C8H15F2N3O2S2/c1-6(7(11)16)12-2-4-13(5-3-12)17(14,15)8(9)10/h6,8H,2-5H2,1H3,(H2,11,16). The van der Waals surface area contributed by atoms with Gasteiger partial charge in [0, 0.05) is 26.2 Å². The summed E-state index contributed by atoms with van der Waals surface area (Å²) in [5.41, 5.74) is 5.47. The van der Waals surface area contributed by atoms with Crippen LogP contribution < -0.4 is 5.73 Å². The summed E-state index contributed by atoms with van der Waals surface area (Å²) >= 11 is 4.83. The van der Waals surface area contributed by atoms with Gasteiger partial charge in [0.25, 0.3) is 10.0 Å². The first-order valence-corrected chi connectivity index (χ1v) is 6.98. The van der Waals surface area contributed by atoms with Gasteiger partial charge in [-0.2, -0.15) is 13.1 Å². The van der Waals surface area contributed by atoms with E-state index >= 15 is 0 Å². The van der Waals surface area contributed by atoms with Gasteiger partial charge in [0.15, 0.2) is 0 Å². The monoisotopic (exact) mass is 287 g/mol. The summed E-state index contributed by atoms with van der Waals surface area (Å²) in [7, 11) is -4.46. The van der Waals surface area contributed by atoms with Crippen LogP contribution in [0, 0.1) is 0 Å². The Morgan fingerprint density at radius 1 is 1.29 bits per heavy atom. The Morgan fingerprint density at radius 2 is 1.76 bits per heavy atom. The van der Waals surface area contributed by atoms with Crippen LogP contribution in [-0.4, -0.2) is 60.6 Å². The molecule has 100 valence electrons. The summed E-state index contributed by atoms with van der Waals surface area (Å²) < 4.78 is 47.8. The Labute approximate surface area is 105 Å². The summed E-state index contributed by atoms with van der Waals surface area (Å²) in [4.78, 5) is 2.19. The number of hydrogen-bond acceptors (Lipinski definition) is 4. The number of hydrogen-bond donors (Lipinski definition) is 1. The lowest BCUT2D eigenvalue weighted by Gasteiger charge is -2.36. The second-order valence-electron chi connectivity index (χ2n) is 3.82. The molecule has 9 heteroatoms. The Balaban J connectivity index is 2.60. The highest BCUT2D eigenvalue weighted by atomic mass is 32.2. The number of sulfonamides is 1. The number of rotatable bonds is 4. The first kappa shape index (κ1) is 14.7. The number of thiocarbonyl (C=S) groups is 1. The van der Waals surface area contributed by atoms with Crippen molar-refractivity contribution in [1.29, 1.82) is 0 Å². The summed E-state index contributed by atoms with van der Waals surface area (Å²) in [5, 5.41) is 0. The molecule has 0 aliphatic carbocycles. The van der Waals surface area contributed by atoms with Crippen LogP contribution in [0.25, 0.3) is 0 Å². The molecular formula is C8H15F2N3O2S2. The van der Waals surface area contributed by atoms with Crippen LogP contribution in [0.4, 0.5) is 8.78 Å². The maximum absolute atomic E-state index is 12.3. The lowest BCUT2D eigenvalue weighted by atomic mass is 10.2. The second-order valence-corrected chi connectivity index (χ2v) is 6.19. The maximum atomic E-state index is 12.3. The molecule has 1 aliphatic heterocycles. The van der Waals surface area contributed by atoms with Crippen LogP contribution >= 0.6 is 12.2 Å². The third-order valence-electron chi connectivity index (χ3n) is 2.82. The first-order valence-electron chi connectivity index (χ1n) is 5.07. The van der Waals surface area contributed by atoms with Crippen molar-refractivity contribution >= 4 is 27.2 Å². The van der Waals surface area contributed by atoms with Crippen LogP contribution in [0.3, 0.4) is 0 Å². The Kier molecular flexibility index (Phi) is 4.76. The molecule has 1 aliphatic rings. The van der Waals surface area contributed by atoms with Crippen LogP contribution in [0.2, 0.25) is 0 Å². The van der Waals surface area contributed by atoms with Crippen molar-refractivity contribution in [3.8, 4) is 0 Å². The van der Waals surface area contributed by atoms with E-state index in [9.17, 15) is 17.2 Å². The highest BCUT2D eigenvalue weighted by Crippen LogP contribution is 2.15. The molecule has 0 aromatic rings. The van der Waals surface area contributed by atoms with E-state index in [0.29, 0.717) is 18.1 Å². The van der Waals surface area contributed by atoms with Crippen LogP contribution in [0.5, 0.6) is 0 Å². The zero-order chi connectivity index (χ0) is 13.2. The molecule has 1 heterocycles. The van der Waals surface area contributed by atoms with E-state index < -0.39 is 15.8 Å². The largest absolute Gasteiger partial charge is 0.392 e. The fraction of sp³-hybridized carbons (Fsp3) is 0.875. The summed E-state index contributed by atoms with van der Waals surface area (Å²) in [6.45, 7) is 2.59. The van der Waals surface area contributed by atoms with Crippen molar-refractivity contribution in [2.45, 2.75) is 18.7 Å². The van der Waals surface area contributed by atoms with Gasteiger partial charge in [-0.05, 0) is 6.92 Å². The smallest absolute Gasteiger partial charge is 0.350 e. The quantitative estimate of drug-likeness (QED) is 0.727. The minimum absolute atomic E-state index is 0.0413. The Bertz CT molecular complexity index is 380. The molecule has 1 rings (SSSR count). The molecule has 1 fully saturated rings. The van der Waals surface area contributed by atoms with E-state index in [1.54, 1.807) is 6.92 Å². The van der Waals surface area contributed by atoms with Gasteiger partial charge in [0.1, 0.15) is 0 Å². The molecule has 0 amide bonds. The van der Waals surface area contributed by atoms with E-state index in [1.807, 2.05) is 4.90 Å². The first-order chi connectivity index (χ1) is 7.76. The van der Waals surface area contributed by atoms with Crippen LogP contribution in [-0.2, 0) is 10.0 Å². The maximum Gasteiger partial charge on any atom is 0.350 e. The molecule has 1 unspecified atom stereocenters. The van der Waals surface area contributed by atoms with E-state index in [1.165, 1.54) is 0 Å². The van der Waals surface area contributed by atoms with E-state index in [0.717, 1.165) is 4.31 Å². The SMILES string of the molecule is CC(C(N)=S)N1CCN(S(=O)(=O)C(F)F)CC1. The molecule has 0 bridgehead atoms. The number of nitrogens with zero attached hydrogens (tertiary/aromatic N) is 2. The predicted octanol–water partition coefficient (Wildman–Crippen LogP) is -0.169. The van der Waals surface area contributed by atoms with Crippen molar-refractivity contribution in [2.24, 2.45) is 5.73 Å². The van der Waals surface area contributed by atoms with E-state index in [4.69, 9.17) is 18.0 Å². The Hall–Kier alpha value is -0.380. The number of nitrogens with two attached hydrogens (primary N) is 1. The second kappa shape index (κ2) is 5.51. The predicted molar refractivity (Wildman–Crippen MR) is 64.3 cm³/mol. The van der Waals surface area contributed by atoms with E-state index in [2.05, 4.69) is 0 Å². The topological polar surface area (TPSA) is 66.6 Å². The average molecular weight is 287 g/mol. The minimum Gasteiger partial charge on any atom is -0.392 e. The molecule has 17 heavy (non-hydrogen) atoms. The fourth-order valence-corrected chi connectivity index (χ4v) is 2.68. The number of halogens is 2. The molecule has 0 radical (unpaired) electrons. The average Bonchev–Trinajstić information content (AvgIpc) is 2.27. The highest BCUT2D eigenvalue weighted by molar-refractivity contribution is 7.89. The van der Waals surface area contributed by atoms with Gasteiger partial charge >= 0.3 is 5.76 Å². The van der Waals surface area contributed by atoms with Crippen molar-refractivity contribution < 1.29 is 17.2 Å². The Morgan fingerprint density at radius 3 is 2.12 bits per heavy atom. The van der Waals surface area contributed by atoms with Crippen molar-refractivity contribution in [2.75, 3.05) is 26.2 Å². The summed E-state index contributed by atoms with van der Waals surface area (Å²) in [6, 6.07) is -0.151. The van der Waals surface area contributed by atoms with Gasteiger partial charge in [-0.25, -0.2) is 8.42 Å². The van der Waals surface area contributed by atoms with Crippen molar-refractivity contribution in [1.82, 2.24) is 9.21 Å². The van der Waals surface area contributed by atoms with Crippen LogP contribution in [0.1, 0.15) is 6.92 Å². The number of alkyl halides is 2. The van der Waals surface area contributed by atoms with Gasteiger partial charge in [-0.15, -0.1) is 0 Å². The zero-order valence-electron chi connectivity index (χ0n) is 9.34. The molecule has 0 spiro atoms. The van der Waals surface area contributed by atoms with Gasteiger partial charge in [-0.1, -0.05) is 12.2 Å². The van der Waals surface area contributed by atoms with Crippen LogP contribution in [0.15, 0.2) is 0 Å². The molecule has 0 saturated carbocycles. The zero-order valence-corrected chi connectivity index (χ0v) is 11.0. The van der Waals surface area contributed by atoms with Gasteiger partial charge in [0.05, 0.1) is 11.0 Å². The summed E-state index contributed by atoms with van der Waals surface area (Å²) in [6.07, 6.45) is 0. The lowest BCUT2D eigenvalue weighted by molar-refractivity contribution is 0.160. The fourth-order valence-electron chi connectivity index (χ4n) is 1.64. The van der Waals surface area contributed by atoms with Gasteiger partial charge < -0.3 is 5.73 Å². The van der Waals surface area contributed by atoms with Crippen molar-refractivity contribution in [3.63, 3.8) is 0 Å². The third-order valence-corrected chi connectivity index (χ3v) is 4.69. The summed E-state index contributed by atoms with van der Waals surface area (Å²) in [5.74, 6) is -3.36. The van der Waals surface area contributed by atoms with Crippen molar-refractivity contribution in [3.05, 3.63) is 0 Å². The molecule has 0 aromatic heterocycles. The normalized spacial score (nSPS) is 21.6. The molecular weight excluding hydrogens is 272 g/mol. The van der Waals surface area contributed by atoms with E-state index in [-0.39, 0.29) is 19.1 Å². The third kappa shape index (κ3) is 3.30. The lowest BCUT2D eigenvalue weighted by Crippen LogP contribution is -2.54.